The number of nitrogens with zero attached hydrogens (tertiary/aromatic N) is 4. The molecule has 3 heterocycles. The summed E-state index contributed by atoms with van der Waals surface area (Å²) < 4.78 is 0. The molecule has 2 fully saturated rings. The Kier molecular flexibility index (Phi) is 6.13. The lowest BCUT2D eigenvalue weighted by molar-refractivity contribution is 0.188. The van der Waals surface area contributed by atoms with Crippen LogP contribution in [0.1, 0.15) is 38.7 Å². The van der Waals surface area contributed by atoms with Crippen LogP contribution < -0.4 is 10.2 Å². The van der Waals surface area contributed by atoms with E-state index in [1.165, 1.54) is 12.8 Å². The fourth-order valence-corrected chi connectivity index (χ4v) is 3.46. The number of aliphatic hydroxyl groups is 1. The lowest BCUT2D eigenvalue weighted by Gasteiger charge is -2.31. The third-order valence-electron chi connectivity index (χ3n) is 5.13. The number of hydrogen-bond acceptors (Lipinski definition) is 4. The minimum Gasteiger partial charge on any atom is -0.391 e. The third-order valence-corrected chi connectivity index (χ3v) is 5.13. The van der Waals surface area contributed by atoms with Gasteiger partial charge in [0.05, 0.1) is 12.6 Å². The van der Waals surface area contributed by atoms with Crippen LogP contribution in [0.2, 0.25) is 0 Å². The molecule has 0 aliphatic carbocycles. The summed E-state index contributed by atoms with van der Waals surface area (Å²) in [6, 6.07) is 4.25. The smallest absolute Gasteiger partial charge is 0.194 e. The van der Waals surface area contributed by atoms with Crippen LogP contribution >= 0.6 is 0 Å². The summed E-state index contributed by atoms with van der Waals surface area (Å²) in [5.74, 6) is 2.79. The molecular formula is C19H31N5O. The second-order valence-electron chi connectivity index (χ2n) is 7.25. The fraction of sp³-hybridized carbons (Fsp3) is 0.684. The first kappa shape index (κ1) is 18.0. The number of nitrogens with one attached hydrogen (secondary N) is 1. The lowest BCUT2D eigenvalue weighted by atomic mass is 9.99. The van der Waals surface area contributed by atoms with Gasteiger partial charge >= 0.3 is 0 Å². The molecule has 6 heteroatoms. The first-order valence-electron chi connectivity index (χ1n) is 9.57. The Bertz CT molecular complexity index is 566. The van der Waals surface area contributed by atoms with Crippen molar-refractivity contribution in [3.63, 3.8) is 0 Å². The summed E-state index contributed by atoms with van der Waals surface area (Å²) >= 11 is 0. The molecule has 0 saturated carbocycles. The van der Waals surface area contributed by atoms with Crippen LogP contribution in [-0.2, 0) is 6.54 Å². The zero-order valence-corrected chi connectivity index (χ0v) is 15.5. The highest BCUT2D eigenvalue weighted by Gasteiger charge is 2.22. The number of pyridine rings is 1. The van der Waals surface area contributed by atoms with Gasteiger partial charge in [-0.25, -0.2) is 9.98 Å². The molecule has 1 aromatic rings. The predicted molar refractivity (Wildman–Crippen MR) is 102 cm³/mol. The van der Waals surface area contributed by atoms with Crippen molar-refractivity contribution in [2.45, 2.75) is 45.8 Å². The summed E-state index contributed by atoms with van der Waals surface area (Å²) in [6.45, 7) is 9.56. The highest BCUT2D eigenvalue weighted by Crippen LogP contribution is 2.21. The van der Waals surface area contributed by atoms with Crippen molar-refractivity contribution in [3.8, 4) is 0 Å². The van der Waals surface area contributed by atoms with Gasteiger partial charge in [-0.2, -0.15) is 0 Å². The van der Waals surface area contributed by atoms with Crippen LogP contribution in [-0.4, -0.2) is 59.8 Å². The van der Waals surface area contributed by atoms with Gasteiger partial charge in [0.1, 0.15) is 5.82 Å². The Morgan fingerprint density at radius 2 is 2.08 bits per heavy atom. The SMILES string of the molecule is CCNC(=NCc1ccc(N2CCC(C)CC2)nc1)N1CC[C@@H](O)C1. The molecule has 0 amide bonds. The van der Waals surface area contributed by atoms with Crippen molar-refractivity contribution in [2.75, 3.05) is 37.6 Å². The number of likely N-dealkylation sites (tertiary alicyclic amines) is 1. The predicted octanol–water partition coefficient (Wildman–Crippen LogP) is 1.85. The number of hydrogen-bond donors (Lipinski definition) is 2. The van der Waals surface area contributed by atoms with Crippen molar-refractivity contribution in [1.29, 1.82) is 0 Å². The molecule has 0 aromatic carbocycles. The zero-order valence-electron chi connectivity index (χ0n) is 15.5. The molecule has 2 aliphatic heterocycles. The van der Waals surface area contributed by atoms with E-state index in [0.717, 1.165) is 55.9 Å². The second kappa shape index (κ2) is 8.52. The number of guanidine groups is 1. The summed E-state index contributed by atoms with van der Waals surface area (Å²) in [5.41, 5.74) is 1.12. The molecule has 25 heavy (non-hydrogen) atoms. The lowest BCUT2D eigenvalue weighted by Crippen LogP contribution is -2.40. The number of anilines is 1. The van der Waals surface area contributed by atoms with E-state index in [2.05, 4.69) is 46.1 Å². The van der Waals surface area contributed by atoms with Crippen molar-refractivity contribution < 1.29 is 5.11 Å². The topological polar surface area (TPSA) is 64.0 Å². The molecule has 1 aromatic heterocycles. The largest absolute Gasteiger partial charge is 0.391 e. The van der Waals surface area contributed by atoms with E-state index in [1.54, 1.807) is 0 Å². The number of aliphatic hydroxyl groups excluding tert-OH is 1. The molecule has 2 saturated heterocycles. The first-order chi connectivity index (χ1) is 12.2. The highest BCUT2D eigenvalue weighted by molar-refractivity contribution is 5.80. The number of rotatable bonds is 4. The minimum atomic E-state index is -0.239. The van der Waals surface area contributed by atoms with Gasteiger partial charge in [0.15, 0.2) is 5.96 Å². The van der Waals surface area contributed by atoms with Gasteiger partial charge in [-0.05, 0) is 43.7 Å². The van der Waals surface area contributed by atoms with Crippen molar-refractivity contribution in [1.82, 2.24) is 15.2 Å². The molecule has 1 atom stereocenters. The van der Waals surface area contributed by atoms with E-state index >= 15 is 0 Å². The van der Waals surface area contributed by atoms with E-state index in [4.69, 9.17) is 4.99 Å². The monoisotopic (exact) mass is 345 g/mol. The van der Waals surface area contributed by atoms with Gasteiger partial charge in [-0.1, -0.05) is 13.0 Å². The number of aliphatic imine (C=N–C) groups is 1. The first-order valence-corrected chi connectivity index (χ1v) is 9.57. The maximum atomic E-state index is 9.73. The van der Waals surface area contributed by atoms with Crippen molar-refractivity contribution >= 4 is 11.8 Å². The van der Waals surface area contributed by atoms with Crippen LogP contribution in [0.15, 0.2) is 23.3 Å². The zero-order chi connectivity index (χ0) is 17.6. The average molecular weight is 345 g/mol. The molecule has 6 nitrogen and oxygen atoms in total. The van der Waals surface area contributed by atoms with E-state index in [1.807, 2.05) is 6.20 Å². The third kappa shape index (κ3) is 4.84. The fourth-order valence-electron chi connectivity index (χ4n) is 3.46. The van der Waals surface area contributed by atoms with Crippen molar-refractivity contribution in [2.24, 2.45) is 10.9 Å². The number of piperidine rings is 1. The van der Waals surface area contributed by atoms with Gasteiger partial charge < -0.3 is 20.2 Å². The van der Waals surface area contributed by atoms with E-state index in [9.17, 15) is 5.11 Å². The quantitative estimate of drug-likeness (QED) is 0.644. The molecule has 0 bridgehead atoms. The van der Waals surface area contributed by atoms with Gasteiger partial charge in [0, 0.05) is 38.9 Å². The Balaban J connectivity index is 1.59. The van der Waals surface area contributed by atoms with Crippen LogP contribution in [0.3, 0.4) is 0 Å². The Hall–Kier alpha value is -1.82. The summed E-state index contributed by atoms with van der Waals surface area (Å²) in [6.07, 6.45) is 5.02. The second-order valence-corrected chi connectivity index (χ2v) is 7.25. The van der Waals surface area contributed by atoms with E-state index in [-0.39, 0.29) is 6.10 Å². The van der Waals surface area contributed by atoms with Gasteiger partial charge in [-0.3, -0.25) is 0 Å². The molecule has 138 valence electrons. The van der Waals surface area contributed by atoms with Gasteiger partial charge in [0.2, 0.25) is 0 Å². The Labute approximate surface area is 151 Å². The Morgan fingerprint density at radius 1 is 1.28 bits per heavy atom. The standard InChI is InChI=1S/C19H31N5O/c1-3-20-19(24-11-8-17(25)14-24)22-13-16-4-5-18(21-12-16)23-9-6-15(2)7-10-23/h4-5,12,15,17,25H,3,6-11,13-14H2,1-2H3,(H,20,22)/t17-/m1/s1. The molecule has 3 rings (SSSR count). The maximum Gasteiger partial charge on any atom is 0.194 e. The molecular weight excluding hydrogens is 314 g/mol. The molecule has 0 radical (unpaired) electrons. The Morgan fingerprint density at radius 3 is 2.68 bits per heavy atom. The average Bonchev–Trinajstić information content (AvgIpc) is 3.06. The van der Waals surface area contributed by atoms with Crippen molar-refractivity contribution in [3.05, 3.63) is 23.9 Å². The van der Waals surface area contributed by atoms with Crippen LogP contribution in [0, 0.1) is 5.92 Å². The molecule has 0 unspecified atom stereocenters. The summed E-state index contributed by atoms with van der Waals surface area (Å²) in [4.78, 5) is 13.9. The van der Waals surface area contributed by atoms with Crippen LogP contribution in [0.25, 0.3) is 0 Å². The van der Waals surface area contributed by atoms with Crippen LogP contribution in [0.5, 0.6) is 0 Å². The maximum absolute atomic E-state index is 9.73. The molecule has 0 spiro atoms. The van der Waals surface area contributed by atoms with E-state index in [0.29, 0.717) is 13.1 Å². The molecule has 2 N–H and O–H groups in total. The molecule has 2 aliphatic rings. The van der Waals surface area contributed by atoms with Crippen LogP contribution in [0.4, 0.5) is 5.82 Å². The van der Waals surface area contributed by atoms with Gasteiger partial charge in [0.25, 0.3) is 0 Å². The summed E-state index contributed by atoms with van der Waals surface area (Å²) in [5, 5.41) is 13.1. The van der Waals surface area contributed by atoms with E-state index < -0.39 is 0 Å². The highest BCUT2D eigenvalue weighted by atomic mass is 16.3. The summed E-state index contributed by atoms with van der Waals surface area (Å²) in [7, 11) is 0. The normalized spacial score (nSPS) is 22.5. The number of β-amino-alcohol motifs (C(OH)–C–C–N with tert-alkyl or cyclic N) is 1. The number of aromatic nitrogens is 1. The van der Waals surface area contributed by atoms with Gasteiger partial charge in [-0.15, -0.1) is 0 Å². The minimum absolute atomic E-state index is 0.239.